The molecule has 9 aromatic heterocycles. The van der Waals surface area contributed by atoms with Crippen LogP contribution in [0.4, 0.5) is 0 Å². The number of hydrogen-bond donors (Lipinski definition) is 0. The minimum atomic E-state index is -2.10. The molecule has 668 valence electrons. The van der Waals surface area contributed by atoms with Crippen LogP contribution >= 0.6 is 0 Å². The number of rotatable bonds is 9. The summed E-state index contributed by atoms with van der Waals surface area (Å²) in [6.45, 7) is 21.5. The maximum absolute atomic E-state index is 7.69. The molecule has 4 aliphatic rings. The fourth-order valence-corrected chi connectivity index (χ4v) is 22.3. The highest BCUT2D eigenvalue weighted by Crippen LogP contribution is 2.55. The van der Waals surface area contributed by atoms with Crippen LogP contribution in [0.25, 0.3) is 143 Å². The van der Waals surface area contributed by atoms with Crippen LogP contribution in [0.5, 0.6) is 0 Å². The molecule has 6 unspecified atom stereocenters. The Labute approximate surface area is 797 Å². The van der Waals surface area contributed by atoms with Crippen molar-refractivity contribution in [3.05, 3.63) is 401 Å². The van der Waals surface area contributed by atoms with E-state index in [0.717, 1.165) is 74.4 Å². The Bertz CT molecular complexity index is 7670. The first-order valence-electron chi connectivity index (χ1n) is 49.6. The summed E-state index contributed by atoms with van der Waals surface area (Å²) in [5.74, 6) is 5.49. The monoisotopic (exact) mass is 1760 g/mol. The van der Waals surface area contributed by atoms with Crippen molar-refractivity contribution < 1.29 is 31.5 Å². The fourth-order valence-electron chi connectivity index (χ4n) is 22.3. The summed E-state index contributed by atoms with van der Waals surface area (Å²) < 4.78 is 36.5. The summed E-state index contributed by atoms with van der Waals surface area (Å²) in [4.78, 5) is 12.7. The molecule has 134 heavy (non-hydrogen) atoms. The molecule has 0 saturated heterocycles. The van der Waals surface area contributed by atoms with Crippen molar-refractivity contribution in [1.82, 2.24) is 15.0 Å². The minimum absolute atomic E-state index is 0.378. The zero-order valence-corrected chi connectivity index (χ0v) is 81.2. The third-order valence-corrected chi connectivity index (χ3v) is 30.0. The van der Waals surface area contributed by atoms with Crippen LogP contribution in [0.15, 0.2) is 323 Å². The van der Waals surface area contributed by atoms with Crippen LogP contribution in [0, 0.1) is 107 Å². The Morgan fingerprint density at radius 1 is 0.261 bits per heavy atom. The van der Waals surface area contributed by atoms with E-state index >= 15 is 0 Å². The normalized spacial score (nSPS) is 16.6. The van der Waals surface area contributed by atoms with E-state index in [1.54, 1.807) is 17.2 Å². The highest BCUT2D eigenvalue weighted by Gasteiger charge is 2.42. The Balaban J connectivity index is 0.000000110. The van der Waals surface area contributed by atoms with Crippen molar-refractivity contribution in [2.75, 3.05) is 0 Å². The third-order valence-electron chi connectivity index (χ3n) is 30.0. The number of benzene rings is 10. The maximum Gasteiger partial charge on any atom is 0.222 e. The van der Waals surface area contributed by atoms with Gasteiger partial charge >= 0.3 is 0 Å². The first-order chi connectivity index (χ1) is 66.1. The van der Waals surface area contributed by atoms with Gasteiger partial charge in [-0.1, -0.05) is 182 Å². The molecule has 19 aromatic rings. The zero-order valence-electron chi connectivity index (χ0n) is 84.2. The van der Waals surface area contributed by atoms with Gasteiger partial charge in [0.1, 0.15) is 42.3 Å². The van der Waals surface area contributed by atoms with Crippen molar-refractivity contribution in [1.29, 1.82) is 0 Å². The summed E-state index contributed by atoms with van der Waals surface area (Å²) in [5.41, 5.74) is 34.4. The standard InChI is InChI=1S/C25H28N.C24H26N.C23H21N2.C19H20N.2C17H17N2/c1-16-4-5-17(2)23(12-16)25-22-9-8-20(15-21(22)10-11-26(25)3)24-14-18-6-7-19(24)13-18;1-16-5-3-4-6-21(16)24-22-10-9-19(15-20(22)11-12-25(24)2)23-14-17-7-8-18(23)13-17;1-16-10-11-18(20-8-6-12-24-15-20)14-22(16)23-21-9-5-4-7-19(21)13-17(2)25(23)3;1-13-9-10-14(2)18(11-13)19-17-8-6-5-7-16(17)12-15(3)20(19)4;1-12-11-18-9-8-15(12)17-16-7-5-4-6-14(16)10-13(2)19(17)3;1-12-8-9-18-11-16(12)17-15-7-5-4-6-14(15)10-13(2)19(17)3/h4-5,8-12,15,18-19,24H,6-7,13-14H2,1-3H3;3-6,9-12,15,17-18,23H,7-8,13-14H2,1-2H3;4-15H,1-3H3;5-12H,1-4H3;2*4-11H,1-3H3/q6*+1/i;;;1D3;;. The van der Waals surface area contributed by atoms with Gasteiger partial charge in [-0.05, 0) is 291 Å². The van der Waals surface area contributed by atoms with E-state index in [1.165, 1.54) is 218 Å². The van der Waals surface area contributed by atoms with E-state index < -0.39 is 6.85 Å². The van der Waals surface area contributed by atoms with Crippen molar-refractivity contribution >= 4 is 64.6 Å². The quantitative estimate of drug-likeness (QED) is 0.135. The van der Waals surface area contributed by atoms with Crippen LogP contribution in [-0.4, -0.2) is 15.0 Å². The van der Waals surface area contributed by atoms with Crippen LogP contribution in [-0.2, 0) is 42.3 Å². The summed E-state index contributed by atoms with van der Waals surface area (Å²) >= 11 is 0. The average Bonchev–Trinajstić information content (AvgIpc) is 1.73. The maximum atomic E-state index is 7.69. The van der Waals surface area contributed by atoms with Gasteiger partial charge in [0.2, 0.25) is 34.2 Å². The minimum Gasteiger partial charge on any atom is -0.264 e. The molecule has 4 bridgehead atoms. The number of aryl methyl sites for hydroxylation is 14. The molecule has 0 N–H and O–H groups in total. The third kappa shape index (κ3) is 18.5. The number of pyridine rings is 9. The zero-order chi connectivity index (χ0) is 95.8. The molecule has 23 rings (SSSR count). The van der Waals surface area contributed by atoms with Gasteiger partial charge in [0, 0.05) is 128 Å². The van der Waals surface area contributed by atoms with Crippen LogP contribution in [0.1, 0.15) is 146 Å². The lowest BCUT2D eigenvalue weighted by atomic mass is 9.82. The molecular formula is C125H129N9+6. The summed E-state index contributed by atoms with van der Waals surface area (Å²) in [5, 5.41) is 15.5. The van der Waals surface area contributed by atoms with Gasteiger partial charge in [0.15, 0.2) is 35.2 Å². The molecule has 0 aliphatic heterocycles. The molecule has 9 heteroatoms. The second-order valence-corrected chi connectivity index (χ2v) is 38.7. The Hall–Kier alpha value is -13.9. The lowest BCUT2D eigenvalue weighted by molar-refractivity contribution is -0.665. The van der Waals surface area contributed by atoms with Gasteiger partial charge < -0.3 is 0 Å². The fraction of sp³-hybridized carbons (Fsp3) is 0.256. The van der Waals surface area contributed by atoms with Gasteiger partial charge in [0.25, 0.3) is 0 Å². The van der Waals surface area contributed by atoms with E-state index in [-0.39, 0.29) is 0 Å². The predicted octanol–water partition coefficient (Wildman–Crippen LogP) is 27.3. The van der Waals surface area contributed by atoms with E-state index in [9.17, 15) is 0 Å². The molecule has 0 amide bonds. The lowest BCUT2D eigenvalue weighted by Gasteiger charge is -2.22. The average molecular weight is 1760 g/mol. The van der Waals surface area contributed by atoms with E-state index in [4.69, 9.17) is 4.11 Å². The first kappa shape index (κ1) is 86.8. The van der Waals surface area contributed by atoms with Gasteiger partial charge in [-0.25, -0.2) is 9.13 Å². The number of nitrogens with zero attached hydrogens (tertiary/aromatic N) is 9. The molecule has 6 atom stereocenters. The van der Waals surface area contributed by atoms with Crippen LogP contribution in [0.2, 0.25) is 0 Å². The Kier molecular flexibility index (Phi) is 25.3. The lowest BCUT2D eigenvalue weighted by Crippen LogP contribution is -2.35. The SMILES string of the molecule is Cc1ccc(-c2cccnc2)cc1-c1c2ccccc2cc(C)[n+]1C.Cc1ccc(C)c(-c2c3ccc(C4CC5CCC4C5)cc3cc[n+]2C)c1.Cc1ccccc1-c1c2ccc(C3CC4CCC3C4)cc2cc[n+]1C.Cc1ccncc1-c1c2ccccc2cc(C)[n+]1C.Cc1cnccc1-c1c2ccccc2cc(C)[n+]1C.[2H]C([2H])([2H])c1ccc(C)c(-c2c3ccccc3cc(C)[n+]2C)c1. The van der Waals surface area contributed by atoms with E-state index in [2.05, 4.69) is 396 Å². The first-order valence-corrected chi connectivity index (χ1v) is 48.1. The summed E-state index contributed by atoms with van der Waals surface area (Å²) in [6, 6.07) is 97.7. The second kappa shape index (κ2) is 39.1. The molecule has 10 aromatic carbocycles. The van der Waals surface area contributed by atoms with E-state index in [1.807, 2.05) is 81.5 Å². The van der Waals surface area contributed by atoms with Crippen molar-refractivity contribution in [3.63, 3.8) is 0 Å². The number of hydrogen-bond acceptors (Lipinski definition) is 3. The molecule has 0 spiro atoms. The molecule has 4 fully saturated rings. The van der Waals surface area contributed by atoms with Crippen molar-refractivity contribution in [2.45, 2.75) is 146 Å². The number of fused-ring (bicyclic) bond motifs is 10. The van der Waals surface area contributed by atoms with Crippen LogP contribution < -0.4 is 27.4 Å². The Morgan fingerprint density at radius 2 is 0.642 bits per heavy atom. The van der Waals surface area contributed by atoms with Gasteiger partial charge in [-0.2, -0.15) is 18.3 Å². The van der Waals surface area contributed by atoms with Gasteiger partial charge in [0.05, 0.1) is 49.0 Å². The molecule has 0 radical (unpaired) electrons. The van der Waals surface area contributed by atoms with E-state index in [0.29, 0.717) is 5.56 Å². The smallest absolute Gasteiger partial charge is 0.222 e. The molecule has 4 aliphatic carbocycles. The van der Waals surface area contributed by atoms with Gasteiger partial charge in [-0.3, -0.25) is 15.0 Å². The highest BCUT2D eigenvalue weighted by atomic mass is 15.0. The molecule has 4 saturated carbocycles. The molecule has 9 nitrogen and oxygen atoms in total. The highest BCUT2D eigenvalue weighted by molar-refractivity contribution is 5.99. The Morgan fingerprint density at radius 3 is 1.10 bits per heavy atom. The summed E-state index contributed by atoms with van der Waals surface area (Å²) in [7, 11) is 12.7. The molecule has 9 heterocycles. The van der Waals surface area contributed by atoms with Crippen molar-refractivity contribution in [2.24, 2.45) is 66.0 Å². The van der Waals surface area contributed by atoms with Crippen LogP contribution in [0.3, 0.4) is 0 Å². The largest absolute Gasteiger partial charge is 0.264 e. The predicted molar refractivity (Wildman–Crippen MR) is 555 cm³/mol. The molecular weight excluding hydrogens is 1630 g/mol. The summed E-state index contributed by atoms with van der Waals surface area (Å²) in [6.07, 6.45) is 27.4. The van der Waals surface area contributed by atoms with Gasteiger partial charge in [-0.15, -0.1) is 0 Å². The second-order valence-electron chi connectivity index (χ2n) is 38.7. The topological polar surface area (TPSA) is 62.0 Å². The van der Waals surface area contributed by atoms with Crippen molar-refractivity contribution in [3.8, 4) is 78.7 Å². The number of aromatic nitrogens is 9.